The third kappa shape index (κ3) is 4.03. The molecule has 2 N–H and O–H groups in total. The number of carbonyl (C=O) groups excluding carboxylic acids is 1. The maximum Gasteiger partial charge on any atom is 0.241 e. The van der Waals surface area contributed by atoms with E-state index in [1.165, 1.54) is 10.8 Å². The van der Waals surface area contributed by atoms with Gasteiger partial charge in [-0.15, -0.1) is 0 Å². The van der Waals surface area contributed by atoms with Crippen LogP contribution in [0.5, 0.6) is 5.75 Å². The van der Waals surface area contributed by atoms with Crippen molar-refractivity contribution < 1.29 is 9.53 Å². The van der Waals surface area contributed by atoms with Gasteiger partial charge in [0, 0.05) is 6.04 Å². The zero-order chi connectivity index (χ0) is 18.5. The van der Waals surface area contributed by atoms with Crippen LogP contribution in [0.2, 0.25) is 0 Å². The van der Waals surface area contributed by atoms with Gasteiger partial charge in [-0.3, -0.25) is 10.1 Å². The highest BCUT2D eigenvalue weighted by Gasteiger charge is 2.17. The molecule has 26 heavy (non-hydrogen) atoms. The van der Waals surface area contributed by atoms with Gasteiger partial charge in [-0.25, -0.2) is 0 Å². The summed E-state index contributed by atoms with van der Waals surface area (Å²) in [6, 6.07) is 21.8. The molecular weight excluding hydrogens is 324 g/mol. The zero-order valence-electron chi connectivity index (χ0n) is 15.3. The molecule has 3 aromatic carbocycles. The highest BCUT2D eigenvalue weighted by Crippen LogP contribution is 2.24. The molecule has 4 heteroatoms. The van der Waals surface area contributed by atoms with E-state index in [2.05, 4.69) is 47.9 Å². The fraction of sp³-hybridized carbons (Fsp3) is 0.227. The second kappa shape index (κ2) is 8.02. The normalized spacial score (nSPS) is 13.2. The Kier molecular flexibility index (Phi) is 5.54. The first kappa shape index (κ1) is 18.0. The number of anilines is 1. The van der Waals surface area contributed by atoms with Gasteiger partial charge in [-0.2, -0.15) is 0 Å². The molecular formula is C22H24N2O2. The summed E-state index contributed by atoms with van der Waals surface area (Å²) < 4.78 is 5.28. The number of carbonyl (C=O) groups is 1. The fourth-order valence-electron chi connectivity index (χ4n) is 3.01. The van der Waals surface area contributed by atoms with Gasteiger partial charge >= 0.3 is 0 Å². The number of fused-ring (bicyclic) bond motifs is 1. The van der Waals surface area contributed by atoms with Crippen LogP contribution in [-0.4, -0.2) is 19.1 Å². The second-order valence-electron chi connectivity index (χ2n) is 6.41. The molecule has 0 aromatic heterocycles. The maximum absolute atomic E-state index is 12.5. The molecule has 0 radical (unpaired) electrons. The van der Waals surface area contributed by atoms with E-state index in [4.69, 9.17) is 4.74 Å². The minimum atomic E-state index is -0.346. The Labute approximate surface area is 154 Å². The molecule has 3 rings (SSSR count). The van der Waals surface area contributed by atoms with Gasteiger partial charge < -0.3 is 10.1 Å². The molecule has 0 spiro atoms. The molecule has 134 valence electrons. The molecule has 0 fully saturated rings. The Hall–Kier alpha value is -2.85. The Bertz CT molecular complexity index is 907. The molecule has 0 aliphatic heterocycles. The molecule has 2 atom stereocenters. The number of hydrogen-bond donors (Lipinski definition) is 2. The van der Waals surface area contributed by atoms with E-state index in [-0.39, 0.29) is 18.0 Å². The Balaban J connectivity index is 1.67. The van der Waals surface area contributed by atoms with Crippen LogP contribution in [0.15, 0.2) is 66.7 Å². The van der Waals surface area contributed by atoms with Gasteiger partial charge in [0.1, 0.15) is 5.75 Å². The molecule has 0 aliphatic rings. The standard InChI is InChI=1S/C22H24N2O2/c1-15(18-13-12-17-8-4-5-9-19(17)14-18)23-16(2)22(25)24-20-10-6-7-11-21(20)26-3/h4-16,23H,1-3H3,(H,24,25)/t15-,16-/m0/s1. The number of ether oxygens (including phenoxy) is 1. The lowest BCUT2D eigenvalue weighted by Gasteiger charge is -2.21. The first-order valence-corrected chi connectivity index (χ1v) is 8.77. The zero-order valence-corrected chi connectivity index (χ0v) is 15.3. The number of nitrogens with one attached hydrogen (secondary N) is 2. The Morgan fingerprint density at radius 2 is 1.62 bits per heavy atom. The summed E-state index contributed by atoms with van der Waals surface area (Å²) in [4.78, 5) is 12.5. The highest BCUT2D eigenvalue weighted by atomic mass is 16.5. The van der Waals surface area contributed by atoms with Crippen molar-refractivity contribution in [2.45, 2.75) is 25.9 Å². The van der Waals surface area contributed by atoms with E-state index in [0.717, 1.165) is 5.56 Å². The number of rotatable bonds is 6. The van der Waals surface area contributed by atoms with Crippen LogP contribution in [0.4, 0.5) is 5.69 Å². The quantitative estimate of drug-likeness (QED) is 0.688. The van der Waals surface area contributed by atoms with E-state index < -0.39 is 0 Å². The van der Waals surface area contributed by atoms with Crippen molar-refractivity contribution in [1.29, 1.82) is 0 Å². The minimum absolute atomic E-state index is 0.0537. The van der Waals surface area contributed by atoms with Crippen LogP contribution in [0.25, 0.3) is 10.8 Å². The summed E-state index contributed by atoms with van der Waals surface area (Å²) in [6.07, 6.45) is 0. The lowest BCUT2D eigenvalue weighted by atomic mass is 10.0. The summed E-state index contributed by atoms with van der Waals surface area (Å²) in [5.74, 6) is 0.553. The van der Waals surface area contributed by atoms with Crippen molar-refractivity contribution in [2.24, 2.45) is 0 Å². The van der Waals surface area contributed by atoms with Crippen LogP contribution in [0, 0.1) is 0 Å². The molecule has 0 heterocycles. The molecule has 0 bridgehead atoms. The first-order chi connectivity index (χ1) is 12.6. The first-order valence-electron chi connectivity index (χ1n) is 8.77. The molecule has 0 saturated heterocycles. The summed E-state index contributed by atoms with van der Waals surface area (Å²) in [6.45, 7) is 3.93. The monoisotopic (exact) mass is 348 g/mol. The van der Waals surface area contributed by atoms with Gasteiger partial charge in [0.05, 0.1) is 18.8 Å². The van der Waals surface area contributed by atoms with Crippen LogP contribution >= 0.6 is 0 Å². The SMILES string of the molecule is COc1ccccc1NC(=O)[C@H](C)N[C@@H](C)c1ccc2ccccc2c1. The average Bonchev–Trinajstić information content (AvgIpc) is 2.67. The van der Waals surface area contributed by atoms with Crippen LogP contribution < -0.4 is 15.4 Å². The maximum atomic E-state index is 12.5. The lowest BCUT2D eigenvalue weighted by molar-refractivity contribution is -0.117. The van der Waals surface area contributed by atoms with Crippen LogP contribution in [0.1, 0.15) is 25.5 Å². The predicted octanol–water partition coefficient (Wildman–Crippen LogP) is 4.53. The summed E-state index contributed by atoms with van der Waals surface area (Å²) in [5.41, 5.74) is 1.83. The van der Waals surface area contributed by atoms with Crippen molar-refractivity contribution in [3.63, 3.8) is 0 Å². The van der Waals surface area contributed by atoms with Crippen molar-refractivity contribution >= 4 is 22.4 Å². The van der Waals surface area contributed by atoms with Gasteiger partial charge in [0.15, 0.2) is 0 Å². The summed E-state index contributed by atoms with van der Waals surface area (Å²) in [7, 11) is 1.59. The van der Waals surface area contributed by atoms with Gasteiger partial charge in [-0.1, -0.05) is 48.5 Å². The Morgan fingerprint density at radius 1 is 0.923 bits per heavy atom. The van der Waals surface area contributed by atoms with Crippen molar-refractivity contribution in [1.82, 2.24) is 5.32 Å². The molecule has 0 unspecified atom stereocenters. The van der Waals surface area contributed by atoms with E-state index >= 15 is 0 Å². The minimum Gasteiger partial charge on any atom is -0.495 e. The van der Waals surface area contributed by atoms with Crippen LogP contribution in [-0.2, 0) is 4.79 Å². The van der Waals surface area contributed by atoms with Gasteiger partial charge in [-0.05, 0) is 48.4 Å². The number of para-hydroxylation sites is 2. The third-order valence-electron chi connectivity index (χ3n) is 4.53. The van der Waals surface area contributed by atoms with Gasteiger partial charge in [0.2, 0.25) is 5.91 Å². The number of amides is 1. The number of hydrogen-bond acceptors (Lipinski definition) is 3. The highest BCUT2D eigenvalue weighted by molar-refractivity contribution is 5.95. The Morgan fingerprint density at radius 3 is 2.38 bits per heavy atom. The molecule has 4 nitrogen and oxygen atoms in total. The predicted molar refractivity (Wildman–Crippen MR) is 107 cm³/mol. The second-order valence-corrected chi connectivity index (χ2v) is 6.41. The third-order valence-corrected chi connectivity index (χ3v) is 4.53. The number of methoxy groups -OCH3 is 1. The van der Waals surface area contributed by atoms with E-state index in [1.807, 2.05) is 43.3 Å². The smallest absolute Gasteiger partial charge is 0.241 e. The van der Waals surface area contributed by atoms with E-state index in [0.29, 0.717) is 11.4 Å². The van der Waals surface area contributed by atoms with Crippen molar-refractivity contribution in [3.05, 3.63) is 72.3 Å². The average molecular weight is 348 g/mol. The molecule has 0 saturated carbocycles. The fourth-order valence-corrected chi connectivity index (χ4v) is 3.01. The van der Waals surface area contributed by atoms with Crippen molar-refractivity contribution in [2.75, 3.05) is 12.4 Å². The largest absolute Gasteiger partial charge is 0.495 e. The summed E-state index contributed by atoms with van der Waals surface area (Å²) in [5, 5.41) is 8.70. The summed E-state index contributed by atoms with van der Waals surface area (Å²) >= 11 is 0. The molecule has 0 aliphatic carbocycles. The molecule has 1 amide bonds. The lowest BCUT2D eigenvalue weighted by Crippen LogP contribution is -2.39. The van der Waals surface area contributed by atoms with Gasteiger partial charge in [0.25, 0.3) is 0 Å². The number of benzene rings is 3. The van der Waals surface area contributed by atoms with E-state index in [1.54, 1.807) is 7.11 Å². The molecule has 3 aromatic rings. The van der Waals surface area contributed by atoms with Crippen molar-refractivity contribution in [3.8, 4) is 5.75 Å². The topological polar surface area (TPSA) is 50.4 Å². The van der Waals surface area contributed by atoms with Crippen LogP contribution in [0.3, 0.4) is 0 Å². The van der Waals surface area contributed by atoms with E-state index in [9.17, 15) is 4.79 Å².